The van der Waals surface area contributed by atoms with E-state index in [2.05, 4.69) is 19.7 Å². The summed E-state index contributed by atoms with van der Waals surface area (Å²) in [5, 5.41) is 4.18. The molecule has 0 amide bonds. The molecule has 0 aliphatic heterocycles. The predicted octanol–water partition coefficient (Wildman–Crippen LogP) is 2.79. The Hall–Kier alpha value is -2.41. The lowest BCUT2D eigenvalue weighted by Gasteiger charge is -2.20. The van der Waals surface area contributed by atoms with Crippen LogP contribution in [0.2, 0.25) is 0 Å². The summed E-state index contributed by atoms with van der Waals surface area (Å²) in [5.74, 6) is 2.45. The monoisotopic (exact) mass is 315 g/mol. The van der Waals surface area contributed by atoms with Gasteiger partial charge in [-0.1, -0.05) is 18.2 Å². The molecular formula is C15H17N5OS. The maximum absolute atomic E-state index is 5.50. The minimum absolute atomic E-state index is 0.163. The topological polar surface area (TPSA) is 64.9 Å². The summed E-state index contributed by atoms with van der Waals surface area (Å²) in [7, 11) is 3.64. The van der Waals surface area contributed by atoms with E-state index < -0.39 is 0 Å². The summed E-state index contributed by atoms with van der Waals surface area (Å²) in [4.78, 5) is 8.86. The summed E-state index contributed by atoms with van der Waals surface area (Å²) in [6, 6.07) is 7.74. The molecule has 0 unspecified atom stereocenters. The Kier molecular flexibility index (Phi) is 4.06. The minimum Gasteiger partial charge on any atom is -0.496 e. The fraction of sp³-hybridized carbons (Fsp3) is 0.267. The Balaban J connectivity index is 2.05. The van der Waals surface area contributed by atoms with Crippen molar-refractivity contribution in [3.05, 3.63) is 53.9 Å². The van der Waals surface area contributed by atoms with E-state index in [1.165, 1.54) is 11.5 Å². The number of ether oxygens (including phenoxy) is 1. The normalized spacial score (nSPS) is 12.1. The van der Waals surface area contributed by atoms with Gasteiger partial charge >= 0.3 is 0 Å². The number of hydrogen-bond donors (Lipinski definition) is 1. The van der Waals surface area contributed by atoms with Crippen molar-refractivity contribution in [3.63, 3.8) is 0 Å². The molecule has 114 valence electrons. The zero-order valence-corrected chi connectivity index (χ0v) is 13.5. The van der Waals surface area contributed by atoms with Gasteiger partial charge < -0.3 is 14.6 Å². The third-order valence-corrected chi connectivity index (χ3v) is 4.10. The van der Waals surface area contributed by atoms with Gasteiger partial charge in [0.2, 0.25) is 5.13 Å². The lowest BCUT2D eigenvalue weighted by molar-refractivity contribution is 0.408. The Morgan fingerprint density at radius 2 is 2.14 bits per heavy atom. The van der Waals surface area contributed by atoms with Gasteiger partial charge in [-0.2, -0.15) is 4.37 Å². The van der Waals surface area contributed by atoms with Crippen LogP contribution in [0.15, 0.2) is 36.7 Å². The molecule has 1 aromatic carbocycles. The molecule has 0 fully saturated rings. The SMILES string of the molecule is COc1ccccc1[C@H](Nc1nc(C)ns1)c1nccn1C. The molecule has 0 saturated carbocycles. The number of rotatable bonds is 5. The molecule has 1 atom stereocenters. The van der Waals surface area contributed by atoms with Gasteiger partial charge in [0.05, 0.1) is 7.11 Å². The Bertz CT molecular complexity index is 767. The van der Waals surface area contributed by atoms with E-state index in [0.29, 0.717) is 0 Å². The molecule has 2 aromatic heterocycles. The summed E-state index contributed by atoms with van der Waals surface area (Å²) in [6.07, 6.45) is 3.70. The lowest BCUT2D eigenvalue weighted by atomic mass is 10.1. The van der Waals surface area contributed by atoms with Gasteiger partial charge in [0.25, 0.3) is 0 Å². The molecule has 7 heteroatoms. The Morgan fingerprint density at radius 1 is 1.32 bits per heavy atom. The lowest BCUT2D eigenvalue weighted by Crippen LogP contribution is -2.17. The summed E-state index contributed by atoms with van der Waals surface area (Å²) in [6.45, 7) is 1.88. The molecule has 3 rings (SSSR count). The van der Waals surface area contributed by atoms with Gasteiger partial charge in [-0.3, -0.25) is 0 Å². The van der Waals surface area contributed by atoms with E-state index in [0.717, 1.165) is 28.1 Å². The molecule has 0 spiro atoms. The van der Waals surface area contributed by atoms with Crippen LogP contribution in [0.1, 0.15) is 23.3 Å². The van der Waals surface area contributed by atoms with Crippen LogP contribution in [0.3, 0.4) is 0 Å². The molecule has 0 saturated heterocycles. The van der Waals surface area contributed by atoms with Crippen LogP contribution in [-0.2, 0) is 7.05 Å². The number of nitrogens with one attached hydrogen (secondary N) is 1. The number of hydrogen-bond acceptors (Lipinski definition) is 6. The quantitative estimate of drug-likeness (QED) is 0.784. The van der Waals surface area contributed by atoms with Gasteiger partial charge in [-0.25, -0.2) is 9.97 Å². The van der Waals surface area contributed by atoms with Crippen molar-refractivity contribution in [2.45, 2.75) is 13.0 Å². The number of imidazole rings is 1. The molecule has 2 heterocycles. The van der Waals surface area contributed by atoms with Crippen molar-refractivity contribution < 1.29 is 4.74 Å². The third kappa shape index (κ3) is 2.80. The highest BCUT2D eigenvalue weighted by Gasteiger charge is 2.22. The van der Waals surface area contributed by atoms with Gasteiger partial charge in [-0.15, -0.1) is 0 Å². The highest BCUT2D eigenvalue weighted by atomic mass is 32.1. The molecule has 1 N–H and O–H groups in total. The second-order valence-electron chi connectivity index (χ2n) is 4.86. The first-order chi connectivity index (χ1) is 10.7. The fourth-order valence-corrected chi connectivity index (χ4v) is 2.92. The molecule has 0 aliphatic carbocycles. The van der Waals surface area contributed by atoms with E-state index in [4.69, 9.17) is 4.74 Å². The zero-order chi connectivity index (χ0) is 15.5. The molecule has 22 heavy (non-hydrogen) atoms. The van der Waals surface area contributed by atoms with E-state index in [1.807, 2.05) is 49.0 Å². The van der Waals surface area contributed by atoms with Gasteiger partial charge in [0.15, 0.2) is 0 Å². The first kappa shape index (κ1) is 14.5. The zero-order valence-electron chi connectivity index (χ0n) is 12.6. The van der Waals surface area contributed by atoms with Crippen LogP contribution in [0.5, 0.6) is 5.75 Å². The number of nitrogens with zero attached hydrogens (tertiary/aromatic N) is 4. The van der Waals surface area contributed by atoms with Crippen molar-refractivity contribution in [3.8, 4) is 5.75 Å². The number of benzene rings is 1. The first-order valence-corrected chi connectivity index (χ1v) is 7.63. The maximum Gasteiger partial charge on any atom is 0.203 e. The van der Waals surface area contributed by atoms with Crippen LogP contribution in [0, 0.1) is 6.92 Å². The largest absolute Gasteiger partial charge is 0.496 e. The fourth-order valence-electron chi connectivity index (χ4n) is 2.32. The Labute approximate surface area is 133 Å². The second kappa shape index (κ2) is 6.15. The second-order valence-corrected chi connectivity index (χ2v) is 5.61. The number of para-hydroxylation sites is 1. The van der Waals surface area contributed by atoms with Gasteiger partial charge in [0.1, 0.15) is 23.4 Å². The molecule has 3 aromatic rings. The maximum atomic E-state index is 5.50. The molecular weight excluding hydrogens is 298 g/mol. The van der Waals surface area contributed by atoms with Crippen molar-refractivity contribution in [1.29, 1.82) is 0 Å². The summed E-state index contributed by atoms with van der Waals surface area (Å²) >= 11 is 1.34. The number of aromatic nitrogens is 4. The van der Waals surface area contributed by atoms with Crippen LogP contribution in [0.25, 0.3) is 0 Å². The molecule has 0 aliphatic rings. The Morgan fingerprint density at radius 3 is 2.77 bits per heavy atom. The highest BCUT2D eigenvalue weighted by Crippen LogP contribution is 2.32. The van der Waals surface area contributed by atoms with Crippen molar-refractivity contribution in [2.75, 3.05) is 12.4 Å². The highest BCUT2D eigenvalue weighted by molar-refractivity contribution is 7.09. The van der Waals surface area contributed by atoms with E-state index in [1.54, 1.807) is 13.3 Å². The number of aryl methyl sites for hydroxylation is 2. The summed E-state index contributed by atoms with van der Waals surface area (Å²) < 4.78 is 11.7. The van der Waals surface area contributed by atoms with Gasteiger partial charge in [-0.05, 0) is 13.0 Å². The molecule has 0 bridgehead atoms. The molecule has 6 nitrogen and oxygen atoms in total. The van der Waals surface area contributed by atoms with Crippen LogP contribution < -0.4 is 10.1 Å². The van der Waals surface area contributed by atoms with Crippen molar-refractivity contribution in [2.24, 2.45) is 7.05 Å². The summed E-state index contributed by atoms with van der Waals surface area (Å²) in [5.41, 5.74) is 1.01. The van der Waals surface area contributed by atoms with Crippen molar-refractivity contribution >= 4 is 16.7 Å². The van der Waals surface area contributed by atoms with E-state index >= 15 is 0 Å². The first-order valence-electron chi connectivity index (χ1n) is 6.86. The predicted molar refractivity (Wildman–Crippen MR) is 86.3 cm³/mol. The third-order valence-electron chi connectivity index (χ3n) is 3.36. The van der Waals surface area contributed by atoms with Crippen molar-refractivity contribution in [1.82, 2.24) is 18.9 Å². The van der Waals surface area contributed by atoms with Crippen LogP contribution in [-0.4, -0.2) is 26.0 Å². The smallest absolute Gasteiger partial charge is 0.203 e. The average molecular weight is 315 g/mol. The van der Waals surface area contributed by atoms with Gasteiger partial charge in [0, 0.05) is 36.5 Å². The number of methoxy groups -OCH3 is 1. The van der Waals surface area contributed by atoms with Crippen LogP contribution >= 0.6 is 11.5 Å². The van der Waals surface area contributed by atoms with Crippen LogP contribution in [0.4, 0.5) is 5.13 Å². The minimum atomic E-state index is -0.163. The van der Waals surface area contributed by atoms with E-state index in [-0.39, 0.29) is 6.04 Å². The average Bonchev–Trinajstić information content (AvgIpc) is 3.13. The standard InChI is InChI=1S/C15H17N5OS/c1-10-17-15(22-19-10)18-13(14-16-8-9-20(14)2)11-6-4-5-7-12(11)21-3/h4-9,13H,1-3H3,(H,17,18,19)/t13-/m0/s1. The molecule has 0 radical (unpaired) electrons. The van der Waals surface area contributed by atoms with E-state index in [9.17, 15) is 0 Å². The number of anilines is 1.